The Labute approximate surface area is 633 Å². The molecule has 17 heteroatoms. The lowest BCUT2D eigenvalue weighted by Gasteiger charge is -2.27. The van der Waals surface area contributed by atoms with E-state index in [1.54, 1.807) is 20.0 Å². The summed E-state index contributed by atoms with van der Waals surface area (Å²) in [6.45, 7) is 38.2. The van der Waals surface area contributed by atoms with Crippen LogP contribution in [0.4, 0.5) is 0 Å². The van der Waals surface area contributed by atoms with Gasteiger partial charge >= 0.3 is 0 Å². The van der Waals surface area contributed by atoms with E-state index in [0.717, 1.165) is 75.9 Å². The third kappa shape index (κ3) is 23.1. The van der Waals surface area contributed by atoms with E-state index in [4.69, 9.17) is 16.4 Å². The molecule has 12 nitrogen and oxygen atoms in total. The Bertz CT molecular complexity index is 4250. The number of nitrogens with one attached hydrogen (secondary N) is 4. The molecule has 3 aliphatic heterocycles. The highest BCUT2D eigenvalue weighted by molar-refractivity contribution is 14.1. The molecule has 99 heavy (non-hydrogen) atoms. The fraction of sp³-hybridized carbons (Fsp3) is 0.415. The molecule has 8 aromatic rings. The number of hydrogen-bond acceptors (Lipinski definition) is 6. The van der Waals surface area contributed by atoms with Crippen LogP contribution in [0.1, 0.15) is 137 Å². The van der Waals surface area contributed by atoms with Gasteiger partial charge in [-0.3, -0.25) is 20.1 Å². The fourth-order valence-electron chi connectivity index (χ4n) is 13.4. The maximum atomic E-state index is 12.4. The van der Waals surface area contributed by atoms with E-state index in [0.29, 0.717) is 12.1 Å². The highest BCUT2D eigenvalue weighted by Gasteiger charge is 2.45. The van der Waals surface area contributed by atoms with Gasteiger partial charge in [0.15, 0.2) is 11.8 Å². The van der Waals surface area contributed by atoms with Gasteiger partial charge < -0.3 is 29.9 Å². The lowest BCUT2D eigenvalue weighted by atomic mass is 9.78. The van der Waals surface area contributed by atoms with Crippen molar-refractivity contribution in [2.45, 2.75) is 198 Å². The van der Waals surface area contributed by atoms with Gasteiger partial charge in [0.2, 0.25) is 6.04 Å². The van der Waals surface area contributed by atoms with E-state index in [2.05, 4.69) is 290 Å². The Balaban J connectivity index is 0.000000181. The summed E-state index contributed by atoms with van der Waals surface area (Å²) in [4.78, 5) is 46.0. The van der Waals surface area contributed by atoms with Crippen molar-refractivity contribution in [1.29, 1.82) is 0 Å². The van der Waals surface area contributed by atoms with Crippen LogP contribution in [-0.2, 0) is 30.5 Å². The minimum atomic E-state index is -1.33. The summed E-state index contributed by atoms with van der Waals surface area (Å²) in [5.41, 5.74) is 24.7. The van der Waals surface area contributed by atoms with E-state index >= 15 is 0 Å². The first kappa shape index (κ1) is 79.9. The number of rotatable bonds is 16. The molecule has 11 rings (SSSR count). The van der Waals surface area contributed by atoms with Crippen LogP contribution in [0.2, 0.25) is 39.3 Å². The maximum Gasteiger partial charge on any atom is 0.224 e. The van der Waals surface area contributed by atoms with Crippen LogP contribution in [0.25, 0.3) is 44.5 Å². The molecule has 0 amide bonds. The number of ketones is 1. The highest BCUT2D eigenvalue weighted by atomic mass is 127. The van der Waals surface area contributed by atoms with E-state index in [1.165, 1.54) is 75.0 Å². The Morgan fingerprint density at radius 1 is 0.586 bits per heavy atom. The topological polar surface area (TPSA) is 174 Å². The van der Waals surface area contributed by atoms with E-state index in [9.17, 15) is 20.1 Å². The molecule has 0 spiro atoms. The van der Waals surface area contributed by atoms with Crippen molar-refractivity contribution in [1.82, 2.24) is 19.9 Å². The summed E-state index contributed by atoms with van der Waals surface area (Å²) in [5.74, 6) is 3.30. The average molecular weight is 1700 g/mol. The van der Waals surface area contributed by atoms with Crippen molar-refractivity contribution in [2.75, 3.05) is 0 Å². The van der Waals surface area contributed by atoms with Gasteiger partial charge in [0.1, 0.15) is 21.9 Å². The quantitative estimate of drug-likeness (QED) is 0.0143. The van der Waals surface area contributed by atoms with Crippen molar-refractivity contribution in [2.24, 2.45) is 31.6 Å². The van der Waals surface area contributed by atoms with Gasteiger partial charge in [-0.1, -0.05) is 149 Å². The molecule has 0 bridgehead atoms. The van der Waals surface area contributed by atoms with Crippen LogP contribution in [0, 0.1) is 71.1 Å². The fourth-order valence-corrected chi connectivity index (χ4v) is 15.0. The highest BCUT2D eigenvalue weighted by Crippen LogP contribution is 2.41. The minimum Gasteiger partial charge on any atom is -0.624 e. The SMILES string of the molecule is C#C[Si](C)(C)C.CC(=O)CC(C)(C)C(Cc1[nH]ccc1-c1ccc(I)cc1)[N+](=O)[O-].CC1=NC(Cc2[nH]ccc2-c2ccc(C#C[Si](C)(C)C)cc2)C(C)(C)C1.CC1=NC(Cc2[nH]ccc2-c2ccc(I)cc2)C(C)(C)C1.CC1=[N+]([O-])C(Cc2[nH]ccc2-c2ccc(I)cc2)C(C)(C)C1. The molecule has 7 heterocycles. The number of nitro groups is 1. The van der Waals surface area contributed by atoms with E-state index < -0.39 is 27.6 Å². The Kier molecular flexibility index (Phi) is 27.5. The van der Waals surface area contributed by atoms with Crippen molar-refractivity contribution in [3.8, 4) is 67.9 Å². The molecule has 0 saturated carbocycles. The third-order valence-corrected chi connectivity index (χ3v) is 22.6. The molecule has 4 aromatic heterocycles. The molecule has 4 N–H and O–H groups in total. The Morgan fingerprint density at radius 2 is 0.929 bits per heavy atom. The third-order valence-electron chi connectivity index (χ3n) is 18.7. The number of terminal acetylenes is 1. The van der Waals surface area contributed by atoms with Gasteiger partial charge in [-0.2, -0.15) is 0 Å². The van der Waals surface area contributed by atoms with Crippen molar-refractivity contribution in [3.63, 3.8) is 0 Å². The standard InChI is InChI=1S/C23H30N2Si.C18H21IN2O3.C18H21IN2O.C18H21IN2.C5H10Si/c1-17-16-23(2,3)22(25-17)15-21-20(11-13-24-21)19-9-7-18(8-10-19)12-14-26(4,5)6;1-12(22)11-18(2,3)17(21(23)24)10-16-15(8-9-20-16)13-4-6-14(19)7-5-13;1-12-11-18(2,3)17(21(12)22)10-16-15(8-9-20-16)13-4-6-14(19)7-5-13;1-12-11-18(2,3)17(21-12)10-16-15(8-9-20-16)13-4-6-14(19)7-5-13;1-5-6(2,3)4/h7-11,13,22,24H,15-16H2,1-6H3;4-9,17,20H,10-11H2,1-3H3;4-9,17,20H,10-11H2,1-3H3;4-9,17,20H,10-11H2,1-3H3;1H,2-4H3. The molecular weight excluding hydrogens is 1600 g/mol. The molecule has 4 unspecified atom stereocenters. The van der Waals surface area contributed by atoms with Crippen LogP contribution in [-0.4, -0.2) is 92.8 Å². The zero-order valence-electron chi connectivity index (χ0n) is 61.5. The van der Waals surface area contributed by atoms with Crippen molar-refractivity contribution in [3.05, 3.63) is 200 Å². The van der Waals surface area contributed by atoms with Crippen LogP contribution >= 0.6 is 67.8 Å². The number of benzene rings is 4. The van der Waals surface area contributed by atoms with Crippen LogP contribution in [0.5, 0.6) is 0 Å². The number of hydroxylamine groups is 1. The molecule has 3 aliphatic rings. The number of nitrogens with zero attached hydrogens (tertiary/aromatic N) is 4. The first-order chi connectivity index (χ1) is 46.2. The molecule has 4 atom stereocenters. The summed E-state index contributed by atoms with van der Waals surface area (Å²) in [6.07, 6.45) is 19.2. The van der Waals surface area contributed by atoms with Gasteiger partial charge in [-0.25, -0.2) is 4.74 Å². The molecule has 0 radical (unpaired) electrons. The monoisotopic (exact) mass is 1700 g/mol. The number of Topliss-reactive ketones (excluding diaryl/α,β-unsaturated/α-hetero) is 1. The van der Waals surface area contributed by atoms with E-state index in [1.807, 2.05) is 55.8 Å². The van der Waals surface area contributed by atoms with Gasteiger partial charge in [0, 0.05) is 146 Å². The second-order valence-electron chi connectivity index (χ2n) is 31.8. The largest absolute Gasteiger partial charge is 0.624 e. The Hall–Kier alpha value is -6.38. The predicted octanol–water partition coefficient (Wildman–Crippen LogP) is 21.4. The Morgan fingerprint density at radius 3 is 1.23 bits per heavy atom. The molecule has 524 valence electrons. The van der Waals surface area contributed by atoms with Crippen LogP contribution in [0.3, 0.4) is 0 Å². The number of aromatic amines is 4. The summed E-state index contributed by atoms with van der Waals surface area (Å²) >= 11 is 6.90. The number of halogens is 3. The lowest BCUT2D eigenvalue weighted by Crippen LogP contribution is -2.39. The lowest BCUT2D eigenvalue weighted by molar-refractivity contribution is -0.540. The second-order valence-corrected chi connectivity index (χ2v) is 45.1. The van der Waals surface area contributed by atoms with Crippen molar-refractivity contribution < 1.29 is 14.5 Å². The number of aromatic nitrogens is 4. The summed E-state index contributed by atoms with van der Waals surface area (Å²) in [5, 5.41) is 24.0. The zero-order valence-corrected chi connectivity index (χ0v) is 69.9. The first-order valence-electron chi connectivity index (χ1n) is 34.3. The smallest absolute Gasteiger partial charge is 0.224 e. The number of aliphatic imine (C=N–C) groups is 2. The molecular formula is C82H103I3N8O4Si2. The average Bonchev–Trinajstić information content (AvgIpc) is 1.65. The number of hydrogen-bond donors (Lipinski definition) is 4. The number of carbonyl (C=O) groups excluding carboxylic acids is 1. The second kappa shape index (κ2) is 34.1. The van der Waals surface area contributed by atoms with E-state index in [-0.39, 0.29) is 45.8 Å². The van der Waals surface area contributed by atoms with Crippen LogP contribution < -0.4 is 0 Å². The molecule has 0 aliphatic carbocycles. The van der Waals surface area contributed by atoms with Gasteiger partial charge in [0.05, 0.1) is 24.9 Å². The molecule has 0 fully saturated rings. The van der Waals surface area contributed by atoms with Gasteiger partial charge in [0.25, 0.3) is 0 Å². The molecule has 4 aromatic carbocycles. The first-order valence-corrected chi connectivity index (χ1v) is 44.5. The van der Waals surface area contributed by atoms with Gasteiger partial charge in [-0.05, 0) is 207 Å². The number of carbonyl (C=O) groups is 1. The number of H-pyrrole nitrogens is 4. The summed E-state index contributed by atoms with van der Waals surface area (Å²) in [7, 11) is -2.44. The normalized spacial score (nSPS) is 17.7. The molecule has 0 saturated heterocycles. The maximum absolute atomic E-state index is 12.4. The summed E-state index contributed by atoms with van der Waals surface area (Å²) in [6, 6.07) is 42.2. The minimum absolute atomic E-state index is 0.00579. The van der Waals surface area contributed by atoms with Crippen molar-refractivity contribution >= 4 is 107 Å². The zero-order chi connectivity index (χ0) is 73.0. The van der Waals surface area contributed by atoms with Crippen LogP contribution in [0.15, 0.2) is 156 Å². The van der Waals surface area contributed by atoms with Gasteiger partial charge in [-0.15, -0.1) is 17.5 Å². The summed E-state index contributed by atoms with van der Waals surface area (Å²) < 4.78 is 4.86. The predicted molar refractivity (Wildman–Crippen MR) is 447 cm³/mol.